The highest BCUT2D eigenvalue weighted by atomic mass is 32.1. The van der Waals surface area contributed by atoms with Crippen LogP contribution < -0.4 is 11.1 Å². The zero-order valence-electron chi connectivity index (χ0n) is 16.0. The Morgan fingerprint density at radius 3 is 3.07 bits per heavy atom. The third-order valence-electron chi connectivity index (χ3n) is 6.61. The molecule has 0 aliphatic carbocycles. The fraction of sp³-hybridized carbons (Fsp3) is 0.550. The largest absolute Gasteiger partial charge is 0.375 e. The number of carbonyl (C=O) groups is 2. The molecule has 3 aliphatic heterocycles. The number of aryl methyl sites for hydroxylation is 1. The number of nitrogens with one attached hydrogen (secondary N) is 1. The molecule has 2 amide bonds. The number of hydrogen-bond donors (Lipinski definition) is 2. The number of benzene rings is 1. The van der Waals surface area contributed by atoms with Crippen molar-refractivity contribution in [2.75, 3.05) is 25.4 Å². The third kappa shape index (κ3) is 2.62. The van der Waals surface area contributed by atoms with E-state index in [1.54, 1.807) is 6.92 Å². The quantitative estimate of drug-likeness (QED) is 0.821. The van der Waals surface area contributed by atoms with Crippen molar-refractivity contribution >= 4 is 38.5 Å². The number of thiazole rings is 1. The lowest BCUT2D eigenvalue weighted by atomic mass is 9.73. The Labute approximate surface area is 167 Å². The molecule has 4 atom stereocenters. The summed E-state index contributed by atoms with van der Waals surface area (Å²) in [7, 11) is 0. The van der Waals surface area contributed by atoms with Crippen molar-refractivity contribution in [2.45, 2.75) is 38.4 Å². The average molecular weight is 401 g/mol. The van der Waals surface area contributed by atoms with E-state index < -0.39 is 0 Å². The molecule has 3 aliphatic rings. The van der Waals surface area contributed by atoms with Gasteiger partial charge in [0.2, 0.25) is 5.91 Å². The van der Waals surface area contributed by atoms with Gasteiger partial charge in [0.1, 0.15) is 0 Å². The Morgan fingerprint density at radius 1 is 1.46 bits per heavy atom. The number of fused-ring (bicyclic) bond motifs is 2. The SMILES string of the molecule is CC(=O)NC[C@H]1[C@H]2CN(C(=O)c3cc(C)c4nc(N)sc4c3)C[C@]23CC[C@H]1O3. The van der Waals surface area contributed by atoms with Gasteiger partial charge in [0.25, 0.3) is 5.91 Å². The van der Waals surface area contributed by atoms with Crippen molar-refractivity contribution in [2.24, 2.45) is 11.8 Å². The zero-order chi connectivity index (χ0) is 19.6. The molecule has 7 nitrogen and oxygen atoms in total. The smallest absolute Gasteiger partial charge is 0.254 e. The van der Waals surface area contributed by atoms with Crippen molar-refractivity contribution in [1.82, 2.24) is 15.2 Å². The van der Waals surface area contributed by atoms with Crippen molar-refractivity contribution in [1.29, 1.82) is 0 Å². The molecule has 2 aromatic rings. The molecule has 0 saturated carbocycles. The van der Waals surface area contributed by atoms with Crippen LogP contribution in [0.25, 0.3) is 10.2 Å². The van der Waals surface area contributed by atoms with Crippen molar-refractivity contribution in [3.05, 3.63) is 23.3 Å². The van der Waals surface area contributed by atoms with Crippen molar-refractivity contribution in [3.8, 4) is 0 Å². The summed E-state index contributed by atoms with van der Waals surface area (Å²) in [5, 5.41) is 3.46. The van der Waals surface area contributed by atoms with Crippen LogP contribution in [0.3, 0.4) is 0 Å². The summed E-state index contributed by atoms with van der Waals surface area (Å²) in [6.07, 6.45) is 2.20. The van der Waals surface area contributed by atoms with Crippen LogP contribution in [0.1, 0.15) is 35.7 Å². The summed E-state index contributed by atoms with van der Waals surface area (Å²) in [5.74, 6) is 0.577. The number of likely N-dealkylation sites (tertiary alicyclic amines) is 1. The minimum absolute atomic E-state index is 0.0182. The molecule has 4 heterocycles. The average Bonchev–Trinajstić information content (AvgIpc) is 3.37. The Hall–Kier alpha value is -2.19. The molecule has 5 rings (SSSR count). The van der Waals surface area contributed by atoms with Gasteiger partial charge in [0, 0.05) is 37.4 Å². The molecular formula is C20H24N4O3S. The Balaban J connectivity index is 1.40. The molecular weight excluding hydrogens is 376 g/mol. The molecule has 1 aromatic carbocycles. The summed E-state index contributed by atoms with van der Waals surface area (Å²) in [5.41, 5.74) is 8.11. The number of carbonyl (C=O) groups excluding carboxylic acids is 2. The molecule has 148 valence electrons. The Morgan fingerprint density at radius 2 is 2.29 bits per heavy atom. The first-order valence-electron chi connectivity index (χ1n) is 9.74. The molecule has 3 N–H and O–H groups in total. The molecule has 28 heavy (non-hydrogen) atoms. The van der Waals surface area contributed by atoms with E-state index in [0.717, 1.165) is 28.6 Å². The number of anilines is 1. The predicted molar refractivity (Wildman–Crippen MR) is 107 cm³/mol. The highest BCUT2D eigenvalue weighted by Gasteiger charge is 2.63. The second-order valence-electron chi connectivity index (χ2n) is 8.34. The van der Waals surface area contributed by atoms with Crippen LogP contribution >= 0.6 is 11.3 Å². The van der Waals surface area contributed by atoms with Gasteiger partial charge >= 0.3 is 0 Å². The fourth-order valence-corrected chi connectivity index (χ4v) is 6.25. The number of nitrogens with two attached hydrogens (primary N) is 1. The van der Waals surface area contributed by atoms with Gasteiger partial charge in [-0.3, -0.25) is 9.59 Å². The molecule has 1 spiro atoms. The molecule has 1 aromatic heterocycles. The second-order valence-corrected chi connectivity index (χ2v) is 9.41. The number of nitrogen functional groups attached to an aromatic ring is 1. The van der Waals surface area contributed by atoms with E-state index in [1.807, 2.05) is 24.0 Å². The van der Waals surface area contributed by atoms with E-state index in [9.17, 15) is 9.59 Å². The van der Waals surface area contributed by atoms with Crippen LogP contribution in [0.5, 0.6) is 0 Å². The minimum Gasteiger partial charge on any atom is -0.375 e. The lowest BCUT2D eigenvalue weighted by molar-refractivity contribution is -0.119. The van der Waals surface area contributed by atoms with E-state index in [1.165, 1.54) is 11.3 Å². The first-order valence-corrected chi connectivity index (χ1v) is 10.6. The predicted octanol–water partition coefficient (Wildman–Crippen LogP) is 1.94. The Bertz CT molecular complexity index is 989. The number of hydrogen-bond acceptors (Lipinski definition) is 6. The summed E-state index contributed by atoms with van der Waals surface area (Å²) < 4.78 is 7.32. The summed E-state index contributed by atoms with van der Waals surface area (Å²) >= 11 is 1.41. The summed E-state index contributed by atoms with van der Waals surface area (Å²) in [4.78, 5) is 30.9. The van der Waals surface area contributed by atoms with Crippen molar-refractivity contribution in [3.63, 3.8) is 0 Å². The van der Waals surface area contributed by atoms with Crippen LogP contribution in [0.15, 0.2) is 12.1 Å². The van der Waals surface area contributed by atoms with Gasteiger partial charge < -0.3 is 20.7 Å². The van der Waals surface area contributed by atoms with Gasteiger partial charge in [0.05, 0.1) is 28.5 Å². The summed E-state index contributed by atoms with van der Waals surface area (Å²) in [6.45, 7) is 5.44. The molecule has 8 heteroatoms. The minimum atomic E-state index is -0.239. The maximum atomic E-state index is 13.3. The molecule has 0 unspecified atom stereocenters. The van der Waals surface area contributed by atoms with Gasteiger partial charge in [0.15, 0.2) is 5.13 Å². The lowest BCUT2D eigenvalue weighted by Crippen LogP contribution is -2.41. The highest BCUT2D eigenvalue weighted by molar-refractivity contribution is 7.22. The summed E-state index contributed by atoms with van der Waals surface area (Å²) in [6, 6.07) is 3.81. The van der Waals surface area contributed by atoms with Gasteiger partial charge in [-0.2, -0.15) is 0 Å². The van der Waals surface area contributed by atoms with Crippen LogP contribution in [-0.2, 0) is 9.53 Å². The van der Waals surface area contributed by atoms with Crippen LogP contribution in [0.2, 0.25) is 0 Å². The van der Waals surface area contributed by atoms with E-state index in [-0.39, 0.29) is 35.4 Å². The molecule has 3 fully saturated rings. The normalized spacial score (nSPS) is 30.8. The number of ether oxygens (including phenoxy) is 1. The topological polar surface area (TPSA) is 97.6 Å². The number of rotatable bonds is 3. The molecule has 2 bridgehead atoms. The van der Waals surface area contributed by atoms with Crippen LogP contribution in [-0.4, -0.2) is 53.0 Å². The number of amides is 2. The zero-order valence-corrected chi connectivity index (χ0v) is 16.8. The van der Waals surface area contributed by atoms with Crippen LogP contribution in [0, 0.1) is 18.8 Å². The van der Waals surface area contributed by atoms with Crippen LogP contribution in [0.4, 0.5) is 5.13 Å². The second kappa shape index (κ2) is 6.15. The van der Waals surface area contributed by atoms with E-state index in [4.69, 9.17) is 10.5 Å². The van der Waals surface area contributed by atoms with Gasteiger partial charge in [-0.05, 0) is 37.5 Å². The lowest BCUT2D eigenvalue weighted by Gasteiger charge is -2.29. The van der Waals surface area contributed by atoms with E-state index in [0.29, 0.717) is 30.3 Å². The standard InChI is InChI=1S/C20H24N4O3S/c1-10-5-12(6-16-17(10)23-19(21)28-16)18(26)24-8-14-13(7-22-11(2)25)15-3-4-20(14,9-24)27-15/h5-6,13-15H,3-4,7-9H2,1-2H3,(H2,21,23)(H,22,25)/t13-,14+,15+,20+/m0/s1. The monoisotopic (exact) mass is 400 g/mol. The van der Waals surface area contributed by atoms with E-state index >= 15 is 0 Å². The van der Waals surface area contributed by atoms with E-state index in [2.05, 4.69) is 10.3 Å². The fourth-order valence-electron chi connectivity index (χ4n) is 5.40. The Kier molecular flexibility index (Phi) is 3.93. The van der Waals surface area contributed by atoms with Gasteiger partial charge in [-0.1, -0.05) is 11.3 Å². The first kappa shape index (κ1) is 17.9. The van der Waals surface area contributed by atoms with Gasteiger partial charge in [-0.25, -0.2) is 4.98 Å². The maximum Gasteiger partial charge on any atom is 0.254 e. The number of aromatic nitrogens is 1. The molecule has 0 radical (unpaired) electrons. The first-order chi connectivity index (χ1) is 13.4. The number of nitrogens with zero attached hydrogens (tertiary/aromatic N) is 2. The highest BCUT2D eigenvalue weighted by Crippen LogP contribution is 2.54. The molecule has 3 saturated heterocycles. The van der Waals surface area contributed by atoms with Crippen molar-refractivity contribution < 1.29 is 14.3 Å². The third-order valence-corrected chi connectivity index (χ3v) is 7.44. The maximum absolute atomic E-state index is 13.3. The van der Waals surface area contributed by atoms with Gasteiger partial charge in [-0.15, -0.1) is 0 Å².